The molecule has 246 valence electrons. The molecule has 6 nitrogen and oxygen atoms in total. The van der Waals surface area contributed by atoms with Gasteiger partial charge in [0, 0.05) is 49.8 Å². The molecule has 5 rings (SSSR count). The van der Waals surface area contributed by atoms with Crippen molar-refractivity contribution in [3.63, 3.8) is 0 Å². The Labute approximate surface area is 275 Å². The molecule has 46 heavy (non-hydrogen) atoms. The average molecular weight is 625 g/mol. The molecule has 3 unspecified atom stereocenters. The minimum atomic E-state index is -0.432. The van der Waals surface area contributed by atoms with E-state index in [1.807, 2.05) is 37.9 Å². The van der Waals surface area contributed by atoms with Gasteiger partial charge in [-0.15, -0.1) is 0 Å². The molecule has 2 aliphatic rings. The second-order valence-electron chi connectivity index (χ2n) is 13.7. The Morgan fingerprint density at radius 3 is 2.43 bits per heavy atom. The molecule has 6 heteroatoms. The smallest absolute Gasteiger partial charge is 0.223 e. The number of amides is 1. The molecule has 3 aromatic rings. The number of hydrogen-bond donors (Lipinski definition) is 0. The number of nitrogens with zero attached hydrogens (tertiary/aromatic N) is 2. The Balaban J connectivity index is 1.32. The van der Waals surface area contributed by atoms with Gasteiger partial charge in [0.15, 0.2) is 11.5 Å². The third-order valence-corrected chi connectivity index (χ3v) is 10.6. The van der Waals surface area contributed by atoms with Crippen LogP contribution in [-0.4, -0.2) is 48.6 Å². The van der Waals surface area contributed by atoms with E-state index in [0.717, 1.165) is 69.2 Å². The summed E-state index contributed by atoms with van der Waals surface area (Å²) in [5.74, 6) is 0.0661. The molecule has 0 bridgehead atoms. The van der Waals surface area contributed by atoms with Gasteiger partial charge in [0.05, 0.1) is 12.2 Å². The highest BCUT2D eigenvalue weighted by Gasteiger charge is 2.29. The number of para-hydroxylation sites is 1. The first-order valence-corrected chi connectivity index (χ1v) is 17.6. The van der Waals surface area contributed by atoms with Crippen LogP contribution in [0.3, 0.4) is 0 Å². The lowest BCUT2D eigenvalue weighted by atomic mass is 9.82. The van der Waals surface area contributed by atoms with Gasteiger partial charge in [-0.2, -0.15) is 0 Å². The maximum absolute atomic E-state index is 13.7. The summed E-state index contributed by atoms with van der Waals surface area (Å²) < 4.78 is 5.52. The molecule has 3 atom stereocenters. The zero-order valence-corrected chi connectivity index (χ0v) is 28.3. The lowest BCUT2D eigenvalue weighted by Gasteiger charge is -2.26. The molecule has 1 saturated heterocycles. The van der Waals surface area contributed by atoms with Crippen molar-refractivity contribution >= 4 is 23.2 Å². The Hall–Kier alpha value is -3.67. The third-order valence-electron chi connectivity index (χ3n) is 10.6. The quantitative estimate of drug-likeness (QED) is 0.178. The van der Waals surface area contributed by atoms with Crippen molar-refractivity contribution < 1.29 is 18.8 Å². The SMILES string of the molecule is CCC(C(=O)c1ccco1)c1cc(C(=O)C(C)CC(=O)N(C)C2CCCC2)ccc1CCC1CCCN(c2ccccc2C)CC1. The van der Waals surface area contributed by atoms with Gasteiger partial charge in [0.1, 0.15) is 0 Å². The molecule has 1 aromatic heterocycles. The Kier molecular flexibility index (Phi) is 11.5. The van der Waals surface area contributed by atoms with Gasteiger partial charge in [-0.05, 0) is 105 Å². The summed E-state index contributed by atoms with van der Waals surface area (Å²) in [5, 5.41) is 0. The van der Waals surface area contributed by atoms with Gasteiger partial charge < -0.3 is 14.2 Å². The van der Waals surface area contributed by atoms with Crippen molar-refractivity contribution in [1.29, 1.82) is 0 Å². The van der Waals surface area contributed by atoms with Crippen LogP contribution < -0.4 is 4.90 Å². The summed E-state index contributed by atoms with van der Waals surface area (Å²) in [6.07, 6.45) is 12.2. The van der Waals surface area contributed by atoms with Crippen LogP contribution in [0.4, 0.5) is 5.69 Å². The Morgan fingerprint density at radius 1 is 0.935 bits per heavy atom. The van der Waals surface area contributed by atoms with E-state index in [0.29, 0.717) is 23.7 Å². The monoisotopic (exact) mass is 624 g/mol. The molecule has 1 saturated carbocycles. The van der Waals surface area contributed by atoms with Crippen molar-refractivity contribution in [2.45, 2.75) is 103 Å². The fraction of sp³-hybridized carbons (Fsp3) is 0.525. The highest BCUT2D eigenvalue weighted by Crippen LogP contribution is 2.33. The fourth-order valence-electron chi connectivity index (χ4n) is 7.69. The predicted octanol–water partition coefficient (Wildman–Crippen LogP) is 8.81. The number of hydrogen-bond acceptors (Lipinski definition) is 5. The van der Waals surface area contributed by atoms with Gasteiger partial charge in [0.25, 0.3) is 0 Å². The average Bonchev–Trinajstić information content (AvgIpc) is 3.76. The summed E-state index contributed by atoms with van der Waals surface area (Å²) in [6, 6.07) is 18.3. The van der Waals surface area contributed by atoms with Crippen LogP contribution in [0.15, 0.2) is 65.3 Å². The molecule has 1 aliphatic heterocycles. The molecule has 1 aliphatic carbocycles. The second-order valence-corrected chi connectivity index (χ2v) is 13.7. The minimum absolute atomic E-state index is 0.0356. The fourth-order valence-corrected chi connectivity index (χ4v) is 7.69. The summed E-state index contributed by atoms with van der Waals surface area (Å²) in [5.41, 5.74) is 5.30. The minimum Gasteiger partial charge on any atom is -0.461 e. The Morgan fingerprint density at radius 2 is 1.72 bits per heavy atom. The maximum Gasteiger partial charge on any atom is 0.223 e. The second kappa shape index (κ2) is 15.8. The van der Waals surface area contributed by atoms with E-state index < -0.39 is 11.8 Å². The van der Waals surface area contributed by atoms with Crippen LogP contribution in [0.1, 0.15) is 122 Å². The normalized spacial score (nSPS) is 18.6. The summed E-state index contributed by atoms with van der Waals surface area (Å²) in [7, 11) is 1.88. The van der Waals surface area contributed by atoms with Crippen LogP contribution >= 0.6 is 0 Å². The molecule has 2 heterocycles. The third kappa shape index (κ3) is 8.00. The number of carbonyl (C=O) groups excluding carboxylic acids is 3. The first kappa shape index (κ1) is 33.7. The molecule has 0 radical (unpaired) electrons. The number of Topliss-reactive ketones (excluding diaryl/α,β-unsaturated/α-hetero) is 2. The highest BCUT2D eigenvalue weighted by atomic mass is 16.3. The van der Waals surface area contributed by atoms with Gasteiger partial charge in [-0.25, -0.2) is 0 Å². The number of ketones is 2. The number of anilines is 1. The van der Waals surface area contributed by atoms with Crippen molar-refractivity contribution in [1.82, 2.24) is 4.90 Å². The van der Waals surface area contributed by atoms with E-state index in [4.69, 9.17) is 4.42 Å². The van der Waals surface area contributed by atoms with E-state index in [1.54, 1.807) is 12.1 Å². The molecular formula is C40H52N2O4. The predicted molar refractivity (Wildman–Crippen MR) is 185 cm³/mol. The number of carbonyl (C=O) groups is 3. The summed E-state index contributed by atoms with van der Waals surface area (Å²) in [6.45, 7) is 8.20. The van der Waals surface area contributed by atoms with E-state index >= 15 is 0 Å². The van der Waals surface area contributed by atoms with Crippen molar-refractivity contribution in [2.24, 2.45) is 11.8 Å². The summed E-state index contributed by atoms with van der Waals surface area (Å²) in [4.78, 5) is 44.9. The lowest BCUT2D eigenvalue weighted by molar-refractivity contribution is -0.132. The van der Waals surface area contributed by atoms with E-state index in [-0.39, 0.29) is 29.9 Å². The molecule has 0 N–H and O–H groups in total. The van der Waals surface area contributed by atoms with E-state index in [9.17, 15) is 14.4 Å². The molecule has 2 aromatic carbocycles. The van der Waals surface area contributed by atoms with Gasteiger partial charge >= 0.3 is 0 Å². The number of aryl methyl sites for hydroxylation is 2. The van der Waals surface area contributed by atoms with Gasteiger partial charge in [-0.3, -0.25) is 14.4 Å². The van der Waals surface area contributed by atoms with E-state index in [1.165, 1.54) is 30.4 Å². The highest BCUT2D eigenvalue weighted by molar-refractivity contribution is 6.01. The Bertz CT molecular complexity index is 1470. The van der Waals surface area contributed by atoms with Gasteiger partial charge in [-0.1, -0.05) is 57.0 Å². The zero-order chi connectivity index (χ0) is 32.6. The van der Waals surface area contributed by atoms with Crippen LogP contribution in [0.5, 0.6) is 0 Å². The number of benzene rings is 2. The molecule has 1 amide bonds. The summed E-state index contributed by atoms with van der Waals surface area (Å²) >= 11 is 0. The lowest BCUT2D eigenvalue weighted by Crippen LogP contribution is -2.36. The standard InChI is InChI=1S/C40H52N2O4/c1-5-34(40(45)37-17-11-25-46-37)35-27-32(39(44)29(3)26-38(43)41(4)33-14-7-8-15-33)21-20-31(35)19-18-30-13-10-23-42(24-22-30)36-16-9-6-12-28(36)2/h6,9,11-12,16-17,20-21,25,27,29-30,33-34H,5,7-8,10,13-15,18-19,22-24,26H2,1-4H3. The van der Waals surface area contributed by atoms with E-state index in [2.05, 4.69) is 42.2 Å². The van der Waals surface area contributed by atoms with Crippen molar-refractivity contribution in [3.05, 3.63) is 88.9 Å². The van der Waals surface area contributed by atoms with Crippen LogP contribution in [-0.2, 0) is 11.2 Å². The van der Waals surface area contributed by atoms with Crippen molar-refractivity contribution in [2.75, 3.05) is 25.0 Å². The van der Waals surface area contributed by atoms with Crippen molar-refractivity contribution in [3.8, 4) is 0 Å². The van der Waals surface area contributed by atoms with Gasteiger partial charge in [0.2, 0.25) is 11.7 Å². The molecule has 0 spiro atoms. The maximum atomic E-state index is 13.7. The molecule has 2 fully saturated rings. The number of furan rings is 1. The first-order valence-electron chi connectivity index (χ1n) is 17.6. The van der Waals surface area contributed by atoms with Crippen LogP contribution in [0, 0.1) is 18.8 Å². The zero-order valence-electron chi connectivity index (χ0n) is 28.3. The number of rotatable bonds is 13. The van der Waals surface area contributed by atoms with Crippen LogP contribution in [0.25, 0.3) is 0 Å². The molecular weight excluding hydrogens is 572 g/mol. The van der Waals surface area contributed by atoms with Crippen LogP contribution in [0.2, 0.25) is 0 Å². The first-order chi connectivity index (χ1) is 22.3. The topological polar surface area (TPSA) is 70.8 Å². The largest absolute Gasteiger partial charge is 0.461 e.